The van der Waals surface area contributed by atoms with Gasteiger partial charge in [-0.25, -0.2) is 9.48 Å². The summed E-state index contributed by atoms with van der Waals surface area (Å²) in [6, 6.07) is 3.05. The van der Waals surface area contributed by atoms with Crippen LogP contribution in [0.2, 0.25) is 0 Å². The number of carbonyl (C=O) groups excluding carboxylic acids is 1. The highest BCUT2D eigenvalue weighted by molar-refractivity contribution is 6.05. The molecule has 1 aromatic carbocycles. The van der Waals surface area contributed by atoms with Crippen LogP contribution in [0.25, 0.3) is 11.0 Å². The zero-order valence-electron chi connectivity index (χ0n) is 11.0. The summed E-state index contributed by atoms with van der Waals surface area (Å²) in [5.41, 5.74) is 1.90. The molecule has 20 heavy (non-hydrogen) atoms. The number of aromatic nitrogens is 3. The molecule has 0 spiro atoms. The Morgan fingerprint density at radius 3 is 2.85 bits per heavy atom. The Bertz CT molecular complexity index is 707. The first-order chi connectivity index (χ1) is 9.61. The van der Waals surface area contributed by atoms with Gasteiger partial charge in [0, 0.05) is 19.5 Å². The maximum atomic E-state index is 11.9. The standard InChI is InChI=1S/C13H14N4O3/c1-2-17-10-7-8(13(19)20)6-9(12(10)14-15-17)16-5-3-4-11(16)18/h6-7H,2-5H2,1H3,(H,19,20). The molecule has 1 aromatic heterocycles. The van der Waals surface area contributed by atoms with Crippen LogP contribution in [0.3, 0.4) is 0 Å². The maximum Gasteiger partial charge on any atom is 0.335 e. The van der Waals surface area contributed by atoms with Crippen molar-refractivity contribution in [2.75, 3.05) is 11.4 Å². The first-order valence-electron chi connectivity index (χ1n) is 6.52. The fraction of sp³-hybridized carbons (Fsp3) is 0.385. The van der Waals surface area contributed by atoms with Gasteiger partial charge in [0.25, 0.3) is 0 Å². The zero-order chi connectivity index (χ0) is 14.3. The van der Waals surface area contributed by atoms with Crippen LogP contribution < -0.4 is 4.90 Å². The molecule has 1 aliphatic heterocycles. The number of carboxylic acid groups (broad SMARTS) is 1. The van der Waals surface area contributed by atoms with Gasteiger partial charge < -0.3 is 10.0 Å². The van der Waals surface area contributed by atoms with E-state index in [1.165, 1.54) is 6.07 Å². The Morgan fingerprint density at radius 1 is 1.45 bits per heavy atom. The number of benzene rings is 1. The first-order valence-corrected chi connectivity index (χ1v) is 6.52. The second-order valence-corrected chi connectivity index (χ2v) is 4.72. The van der Waals surface area contributed by atoms with Crippen molar-refractivity contribution in [2.24, 2.45) is 0 Å². The van der Waals surface area contributed by atoms with Gasteiger partial charge in [-0.1, -0.05) is 5.21 Å². The summed E-state index contributed by atoms with van der Waals surface area (Å²) < 4.78 is 1.63. The summed E-state index contributed by atoms with van der Waals surface area (Å²) in [5.74, 6) is -1.02. The molecule has 0 aliphatic carbocycles. The molecule has 1 amide bonds. The minimum absolute atomic E-state index is 0.000104. The van der Waals surface area contributed by atoms with Crippen molar-refractivity contribution in [3.05, 3.63) is 17.7 Å². The molecule has 104 valence electrons. The molecule has 0 bridgehead atoms. The SMILES string of the molecule is CCn1nnc2c(N3CCCC3=O)cc(C(=O)O)cc21. The fourth-order valence-electron chi connectivity index (χ4n) is 2.52. The lowest BCUT2D eigenvalue weighted by atomic mass is 10.1. The molecule has 0 saturated carbocycles. The third-order valence-corrected chi connectivity index (χ3v) is 3.51. The van der Waals surface area contributed by atoms with Crippen LogP contribution in [0.5, 0.6) is 0 Å². The lowest BCUT2D eigenvalue weighted by Crippen LogP contribution is -2.24. The number of amides is 1. The van der Waals surface area contributed by atoms with Crippen LogP contribution in [-0.2, 0) is 11.3 Å². The highest BCUT2D eigenvalue weighted by Crippen LogP contribution is 2.30. The minimum atomic E-state index is -1.02. The van der Waals surface area contributed by atoms with Crippen LogP contribution in [0, 0.1) is 0 Å². The molecular weight excluding hydrogens is 260 g/mol. The number of aryl methyl sites for hydroxylation is 1. The van der Waals surface area contributed by atoms with Crippen LogP contribution in [0.15, 0.2) is 12.1 Å². The Hall–Kier alpha value is -2.44. The normalized spacial score (nSPS) is 15.2. The molecule has 7 heteroatoms. The van der Waals surface area contributed by atoms with Crippen molar-refractivity contribution in [3.63, 3.8) is 0 Å². The van der Waals surface area contributed by atoms with Gasteiger partial charge in [0.2, 0.25) is 5.91 Å². The summed E-state index contributed by atoms with van der Waals surface area (Å²) in [6.45, 7) is 3.09. The van der Waals surface area contributed by atoms with Crippen LogP contribution in [-0.4, -0.2) is 38.5 Å². The van der Waals surface area contributed by atoms with Crippen molar-refractivity contribution in [1.82, 2.24) is 15.0 Å². The van der Waals surface area contributed by atoms with Crippen LogP contribution in [0.4, 0.5) is 5.69 Å². The molecule has 2 heterocycles. The van der Waals surface area contributed by atoms with Gasteiger partial charge in [-0.15, -0.1) is 5.10 Å². The predicted molar refractivity (Wildman–Crippen MR) is 71.7 cm³/mol. The van der Waals surface area contributed by atoms with E-state index in [1.807, 2.05) is 6.92 Å². The quantitative estimate of drug-likeness (QED) is 0.910. The smallest absolute Gasteiger partial charge is 0.335 e. The van der Waals surface area contributed by atoms with Gasteiger partial charge in [-0.2, -0.15) is 0 Å². The Balaban J connectivity index is 2.26. The molecule has 1 N–H and O–H groups in total. The molecule has 1 aliphatic rings. The second-order valence-electron chi connectivity index (χ2n) is 4.72. The molecule has 1 fully saturated rings. The summed E-state index contributed by atoms with van der Waals surface area (Å²) in [7, 11) is 0. The van der Waals surface area contributed by atoms with Crippen molar-refractivity contribution in [1.29, 1.82) is 0 Å². The third-order valence-electron chi connectivity index (χ3n) is 3.51. The van der Waals surface area contributed by atoms with E-state index in [9.17, 15) is 14.7 Å². The molecule has 7 nitrogen and oxygen atoms in total. The number of aromatic carboxylic acids is 1. The number of carboxylic acids is 1. The zero-order valence-corrected chi connectivity index (χ0v) is 11.0. The van der Waals surface area contributed by atoms with E-state index in [-0.39, 0.29) is 11.5 Å². The van der Waals surface area contributed by atoms with E-state index < -0.39 is 5.97 Å². The topological polar surface area (TPSA) is 88.3 Å². The lowest BCUT2D eigenvalue weighted by molar-refractivity contribution is -0.117. The van der Waals surface area contributed by atoms with Crippen molar-refractivity contribution in [2.45, 2.75) is 26.3 Å². The Morgan fingerprint density at radius 2 is 2.25 bits per heavy atom. The van der Waals surface area contributed by atoms with E-state index in [4.69, 9.17) is 0 Å². The Labute approximate surface area is 114 Å². The van der Waals surface area contributed by atoms with Gasteiger partial charge in [0.05, 0.1) is 16.8 Å². The monoisotopic (exact) mass is 274 g/mol. The maximum absolute atomic E-state index is 11.9. The van der Waals surface area contributed by atoms with E-state index in [2.05, 4.69) is 10.3 Å². The molecule has 0 unspecified atom stereocenters. The number of fused-ring (bicyclic) bond motifs is 1. The summed E-state index contributed by atoms with van der Waals surface area (Å²) in [6.07, 6.45) is 1.26. The van der Waals surface area contributed by atoms with Crippen molar-refractivity contribution < 1.29 is 14.7 Å². The number of hydrogen-bond acceptors (Lipinski definition) is 4. The number of hydrogen-bond donors (Lipinski definition) is 1. The van der Waals surface area contributed by atoms with Crippen LogP contribution >= 0.6 is 0 Å². The highest BCUT2D eigenvalue weighted by Gasteiger charge is 2.26. The highest BCUT2D eigenvalue weighted by atomic mass is 16.4. The van der Waals surface area contributed by atoms with Gasteiger partial charge in [-0.3, -0.25) is 4.79 Å². The summed E-state index contributed by atoms with van der Waals surface area (Å²) in [5, 5.41) is 17.3. The number of nitrogens with zero attached hydrogens (tertiary/aromatic N) is 4. The lowest BCUT2D eigenvalue weighted by Gasteiger charge is -2.16. The van der Waals surface area contributed by atoms with Crippen molar-refractivity contribution >= 4 is 28.6 Å². The first kappa shape index (κ1) is 12.6. The van der Waals surface area contributed by atoms with E-state index in [0.29, 0.717) is 36.2 Å². The minimum Gasteiger partial charge on any atom is -0.478 e. The number of anilines is 1. The Kier molecular flexibility index (Phi) is 2.89. The predicted octanol–water partition coefficient (Wildman–Crippen LogP) is 1.28. The molecular formula is C13H14N4O3. The van der Waals surface area contributed by atoms with Gasteiger partial charge >= 0.3 is 5.97 Å². The van der Waals surface area contributed by atoms with E-state index >= 15 is 0 Å². The molecule has 3 rings (SSSR count). The average Bonchev–Trinajstić information content (AvgIpc) is 3.03. The van der Waals surface area contributed by atoms with Gasteiger partial charge in [-0.05, 0) is 25.5 Å². The second kappa shape index (κ2) is 4.59. The molecule has 1 saturated heterocycles. The van der Waals surface area contributed by atoms with Gasteiger partial charge in [0.15, 0.2) is 0 Å². The molecule has 0 atom stereocenters. The summed E-state index contributed by atoms with van der Waals surface area (Å²) >= 11 is 0. The van der Waals surface area contributed by atoms with E-state index in [0.717, 1.165) is 6.42 Å². The average molecular weight is 274 g/mol. The molecule has 2 aromatic rings. The molecule has 0 radical (unpaired) electrons. The van der Waals surface area contributed by atoms with Crippen molar-refractivity contribution in [3.8, 4) is 0 Å². The fourth-order valence-corrected chi connectivity index (χ4v) is 2.52. The third kappa shape index (κ3) is 1.82. The largest absolute Gasteiger partial charge is 0.478 e. The summed E-state index contributed by atoms with van der Waals surface area (Å²) in [4.78, 5) is 24.8. The number of rotatable bonds is 3. The van der Waals surface area contributed by atoms with E-state index in [1.54, 1.807) is 15.6 Å². The van der Waals surface area contributed by atoms with Gasteiger partial charge in [0.1, 0.15) is 5.52 Å². The van der Waals surface area contributed by atoms with Crippen LogP contribution in [0.1, 0.15) is 30.1 Å². The number of carbonyl (C=O) groups is 2.